The van der Waals surface area contributed by atoms with Crippen molar-refractivity contribution in [2.75, 3.05) is 19.7 Å². The van der Waals surface area contributed by atoms with E-state index in [-0.39, 0.29) is 38.7 Å². The zero-order chi connectivity index (χ0) is 33.4. The van der Waals surface area contributed by atoms with Crippen molar-refractivity contribution in [3.63, 3.8) is 0 Å². The summed E-state index contributed by atoms with van der Waals surface area (Å²) in [7, 11) is 0. The lowest BCUT2D eigenvalue weighted by atomic mass is 9.78. The number of hydrogen-bond acceptors (Lipinski definition) is 9. The molecule has 0 unspecified atom stereocenters. The number of esters is 1. The summed E-state index contributed by atoms with van der Waals surface area (Å²) in [6, 6.07) is 14.7. The third-order valence-corrected chi connectivity index (χ3v) is 9.87. The van der Waals surface area contributed by atoms with Crippen LogP contribution in [0.1, 0.15) is 37.9 Å². The van der Waals surface area contributed by atoms with Crippen molar-refractivity contribution < 1.29 is 33.8 Å². The van der Waals surface area contributed by atoms with Crippen LogP contribution < -0.4 is 5.32 Å². The first-order valence-corrected chi connectivity index (χ1v) is 16.4. The van der Waals surface area contributed by atoms with Gasteiger partial charge in [0.2, 0.25) is 11.8 Å². The molecule has 0 saturated carbocycles. The van der Waals surface area contributed by atoms with E-state index >= 15 is 0 Å². The second-order valence-corrected chi connectivity index (χ2v) is 12.6. The minimum Gasteiger partial charge on any atom is -0.455 e. The Morgan fingerprint density at radius 2 is 1.83 bits per heavy atom. The number of para-hydroxylation sites is 1. The van der Waals surface area contributed by atoms with Gasteiger partial charge in [0.25, 0.3) is 5.91 Å². The first-order chi connectivity index (χ1) is 23.4. The Labute approximate surface area is 277 Å². The fraction of sp³-hybridized carbons (Fsp3) is 0.429. The highest BCUT2D eigenvalue weighted by Gasteiger charge is 2.72. The third kappa shape index (κ3) is 5.36. The van der Waals surface area contributed by atoms with E-state index in [0.29, 0.717) is 23.9 Å². The third-order valence-electron chi connectivity index (χ3n) is 9.87. The number of rotatable bonds is 6. The molecule has 7 atom stereocenters. The smallest absolute Gasteiger partial charge is 0.313 e. The molecule has 4 aliphatic rings. The average Bonchev–Trinajstić information content (AvgIpc) is 3.70. The highest BCUT2D eigenvalue weighted by Crippen LogP contribution is 2.54. The second kappa shape index (κ2) is 13.0. The number of likely N-dealkylation sites (tertiary alicyclic amines) is 1. The van der Waals surface area contributed by atoms with E-state index in [1.165, 1.54) is 4.90 Å². The standard InChI is InChI=1S/C35H38N6O7/c1-2-23(20-42)41-31-33(45)39(21-40-25-14-7-6-13-24(25)37-38-40)18-10-17-35(31)30(32(41)44)29-26(48-35)15-8-9-16-28(43)36-19-27(47-34(29)46)22-11-4-3-5-12-22/h3-8,10-15,17,23,26-27,29-31,42H,2,9,16,18-21H2,1H3,(H,36,43)/b15-8-/t23-,26-,27+,29+,30+,31-,35+/m0/s1. The molecular weight excluding hydrogens is 616 g/mol. The van der Waals surface area contributed by atoms with E-state index in [9.17, 15) is 24.3 Å². The van der Waals surface area contributed by atoms with Crippen LogP contribution in [0.5, 0.6) is 0 Å². The number of carbonyl (C=O) groups excluding carboxylic acids is 4. The maximum atomic E-state index is 14.7. The minimum atomic E-state index is -1.52. The number of aromatic nitrogens is 3. The molecule has 7 rings (SSSR count). The van der Waals surface area contributed by atoms with Gasteiger partial charge in [-0.3, -0.25) is 19.2 Å². The summed E-state index contributed by atoms with van der Waals surface area (Å²) >= 11 is 0. The van der Waals surface area contributed by atoms with Gasteiger partial charge in [-0.2, -0.15) is 0 Å². The molecular formula is C35H38N6O7. The van der Waals surface area contributed by atoms with Crippen LogP contribution in [-0.2, 0) is 35.3 Å². The number of aliphatic hydroxyl groups excluding tert-OH is 1. The van der Waals surface area contributed by atoms with Crippen molar-refractivity contribution in [1.29, 1.82) is 0 Å². The van der Waals surface area contributed by atoms with E-state index in [0.717, 1.165) is 5.52 Å². The van der Waals surface area contributed by atoms with Crippen LogP contribution in [0.4, 0.5) is 0 Å². The van der Waals surface area contributed by atoms with E-state index in [1.807, 2.05) is 61.5 Å². The predicted octanol–water partition coefficient (Wildman–Crippen LogP) is 1.89. The molecule has 5 heterocycles. The molecule has 250 valence electrons. The van der Waals surface area contributed by atoms with Gasteiger partial charge in [0.15, 0.2) is 0 Å². The van der Waals surface area contributed by atoms with Gasteiger partial charge in [-0.05, 0) is 30.5 Å². The lowest BCUT2D eigenvalue weighted by Crippen LogP contribution is -2.58. The number of cyclic esters (lactones) is 1. The zero-order valence-corrected chi connectivity index (χ0v) is 26.6. The maximum Gasteiger partial charge on any atom is 0.313 e. The second-order valence-electron chi connectivity index (χ2n) is 12.6. The minimum absolute atomic E-state index is 0.0573. The van der Waals surface area contributed by atoms with Crippen molar-refractivity contribution in [3.05, 3.63) is 84.5 Å². The Balaban J connectivity index is 1.29. The van der Waals surface area contributed by atoms with Gasteiger partial charge in [-0.15, -0.1) is 5.10 Å². The van der Waals surface area contributed by atoms with Crippen LogP contribution in [0.3, 0.4) is 0 Å². The van der Waals surface area contributed by atoms with Gasteiger partial charge < -0.3 is 29.7 Å². The molecule has 1 aromatic heterocycles. The van der Waals surface area contributed by atoms with Crippen LogP contribution in [0.2, 0.25) is 0 Å². The number of hydrogen-bond donors (Lipinski definition) is 2. The lowest BCUT2D eigenvalue weighted by molar-refractivity contribution is -0.161. The highest BCUT2D eigenvalue weighted by atomic mass is 16.6. The normalized spacial score (nSPS) is 30.4. The molecule has 2 N–H and O–H groups in total. The summed E-state index contributed by atoms with van der Waals surface area (Å²) in [6.45, 7) is 1.77. The van der Waals surface area contributed by atoms with Crippen molar-refractivity contribution in [1.82, 2.24) is 30.1 Å². The van der Waals surface area contributed by atoms with E-state index in [2.05, 4.69) is 15.6 Å². The van der Waals surface area contributed by atoms with Gasteiger partial charge in [0.1, 0.15) is 35.9 Å². The molecule has 1 spiro atoms. The van der Waals surface area contributed by atoms with Crippen LogP contribution >= 0.6 is 0 Å². The van der Waals surface area contributed by atoms with E-state index < -0.39 is 59.5 Å². The van der Waals surface area contributed by atoms with Gasteiger partial charge in [-0.25, -0.2) is 4.68 Å². The molecule has 2 saturated heterocycles. The molecule has 0 bridgehead atoms. The van der Waals surface area contributed by atoms with Crippen LogP contribution in [0.15, 0.2) is 78.9 Å². The van der Waals surface area contributed by atoms with E-state index in [1.54, 1.807) is 33.9 Å². The Kier molecular flexibility index (Phi) is 8.56. The molecule has 2 fully saturated rings. The van der Waals surface area contributed by atoms with Crippen molar-refractivity contribution >= 4 is 34.7 Å². The summed E-state index contributed by atoms with van der Waals surface area (Å²) in [5.41, 5.74) is 0.593. The molecule has 48 heavy (non-hydrogen) atoms. The summed E-state index contributed by atoms with van der Waals surface area (Å²) in [6.07, 6.45) is 6.26. The van der Waals surface area contributed by atoms with Crippen molar-refractivity contribution in [2.45, 2.75) is 62.7 Å². The number of nitrogens with zero attached hydrogens (tertiary/aromatic N) is 5. The quantitative estimate of drug-likeness (QED) is 0.299. The summed E-state index contributed by atoms with van der Waals surface area (Å²) in [5.74, 6) is -3.91. The first kappa shape index (κ1) is 31.7. The largest absolute Gasteiger partial charge is 0.455 e. The van der Waals surface area contributed by atoms with Crippen LogP contribution in [-0.4, -0.2) is 97.1 Å². The molecule has 4 aliphatic heterocycles. The average molecular weight is 655 g/mol. The summed E-state index contributed by atoms with van der Waals surface area (Å²) in [5, 5.41) is 21.8. The number of fused-ring (bicyclic) bond motifs is 3. The molecule has 2 aromatic carbocycles. The number of amides is 3. The van der Waals surface area contributed by atoms with Gasteiger partial charge in [0.05, 0.1) is 36.7 Å². The first-order valence-electron chi connectivity index (χ1n) is 16.4. The number of nitrogens with one attached hydrogen (secondary N) is 1. The number of aliphatic hydroxyl groups is 1. The fourth-order valence-electron chi connectivity index (χ4n) is 7.51. The number of carbonyl (C=O) groups is 4. The maximum absolute atomic E-state index is 14.7. The van der Waals surface area contributed by atoms with Crippen molar-refractivity contribution in [3.8, 4) is 0 Å². The van der Waals surface area contributed by atoms with Gasteiger partial charge in [0, 0.05) is 13.0 Å². The number of benzene rings is 2. The molecule has 0 radical (unpaired) electrons. The van der Waals surface area contributed by atoms with Crippen molar-refractivity contribution in [2.24, 2.45) is 11.8 Å². The number of ether oxygens (including phenoxy) is 2. The molecule has 13 nitrogen and oxygen atoms in total. The summed E-state index contributed by atoms with van der Waals surface area (Å²) in [4.78, 5) is 59.2. The predicted molar refractivity (Wildman–Crippen MR) is 171 cm³/mol. The van der Waals surface area contributed by atoms with Crippen LogP contribution in [0.25, 0.3) is 11.0 Å². The van der Waals surface area contributed by atoms with Gasteiger partial charge in [-0.1, -0.05) is 78.9 Å². The monoisotopic (exact) mass is 654 g/mol. The van der Waals surface area contributed by atoms with Crippen LogP contribution in [0, 0.1) is 11.8 Å². The zero-order valence-electron chi connectivity index (χ0n) is 26.6. The summed E-state index contributed by atoms with van der Waals surface area (Å²) < 4.78 is 14.5. The topological polar surface area (TPSA) is 156 Å². The SMILES string of the molecule is CC[C@@H](CO)N1C(=O)[C@H]2[C@@H]3C(=O)O[C@@H](c4ccccc4)CNC(=O)CC/C=C\[C@@H]3O[C@]23C=CCN(Cn2nnc4ccccc42)C(=O)[C@H]13. The Hall–Kier alpha value is -4.88. The molecule has 13 heteroatoms. The Morgan fingerprint density at radius 1 is 1.04 bits per heavy atom. The molecule has 3 amide bonds. The number of allylic oxidation sites excluding steroid dienone is 1. The molecule has 3 aromatic rings. The molecule has 0 aliphatic carbocycles. The van der Waals surface area contributed by atoms with E-state index in [4.69, 9.17) is 9.47 Å². The lowest BCUT2D eigenvalue weighted by Gasteiger charge is -2.38. The Morgan fingerprint density at radius 3 is 2.62 bits per heavy atom. The highest BCUT2D eigenvalue weighted by molar-refractivity contribution is 5.99. The fourth-order valence-corrected chi connectivity index (χ4v) is 7.51. The Bertz CT molecular complexity index is 1770. The van der Waals surface area contributed by atoms with Gasteiger partial charge >= 0.3 is 5.97 Å².